The molecule has 0 bridgehead atoms. The van der Waals surface area contributed by atoms with Crippen molar-refractivity contribution in [2.24, 2.45) is 5.92 Å². The first-order valence-electron chi connectivity index (χ1n) is 8.20. The molecule has 0 saturated heterocycles. The molecule has 3 atom stereocenters. The normalized spacial score (nSPS) is 24.4. The maximum atomic E-state index is 11.9. The summed E-state index contributed by atoms with van der Waals surface area (Å²) >= 11 is 0. The molecule has 1 aliphatic carbocycles. The average Bonchev–Trinajstić information content (AvgIpc) is 2.44. The molecule has 1 aliphatic rings. The fourth-order valence-corrected chi connectivity index (χ4v) is 2.73. The first kappa shape index (κ1) is 17.4. The smallest absolute Gasteiger partial charge is 0.323 e. The Labute approximate surface area is 123 Å². The molecule has 0 spiro atoms. The number of hydrogen-bond acceptors (Lipinski definition) is 4. The minimum Gasteiger partial charge on any atom is -0.465 e. The van der Waals surface area contributed by atoms with E-state index in [9.17, 15) is 4.79 Å². The maximum absolute atomic E-state index is 11.9. The Hall–Kier alpha value is -0.610. The number of hydrogen-bond donors (Lipinski definition) is 1. The molecule has 0 amide bonds. The van der Waals surface area contributed by atoms with E-state index in [0.29, 0.717) is 31.7 Å². The number of ether oxygens (including phenoxy) is 2. The summed E-state index contributed by atoms with van der Waals surface area (Å²) in [6, 6.07) is -0.228. The van der Waals surface area contributed by atoms with Gasteiger partial charge in [-0.05, 0) is 45.1 Å². The molecular formula is C16H31NO3. The molecule has 0 aromatic carbocycles. The van der Waals surface area contributed by atoms with Gasteiger partial charge in [-0.2, -0.15) is 0 Å². The fourth-order valence-electron chi connectivity index (χ4n) is 2.73. The van der Waals surface area contributed by atoms with Crippen molar-refractivity contribution < 1.29 is 14.3 Å². The van der Waals surface area contributed by atoms with Crippen molar-refractivity contribution in [3.63, 3.8) is 0 Å². The van der Waals surface area contributed by atoms with Gasteiger partial charge in [-0.25, -0.2) is 0 Å². The van der Waals surface area contributed by atoms with Crippen molar-refractivity contribution in [1.82, 2.24) is 5.32 Å². The second kappa shape index (κ2) is 10.2. The van der Waals surface area contributed by atoms with Crippen LogP contribution < -0.4 is 5.32 Å². The lowest BCUT2D eigenvalue weighted by Gasteiger charge is -2.29. The Kier molecular flexibility index (Phi) is 8.86. The number of carbonyl (C=O) groups is 1. The van der Waals surface area contributed by atoms with Gasteiger partial charge in [0, 0.05) is 6.61 Å². The lowest BCUT2D eigenvalue weighted by Crippen LogP contribution is -2.40. The summed E-state index contributed by atoms with van der Waals surface area (Å²) in [5, 5.41) is 3.25. The van der Waals surface area contributed by atoms with Gasteiger partial charge in [-0.15, -0.1) is 0 Å². The molecule has 1 fully saturated rings. The molecule has 0 heterocycles. The van der Waals surface area contributed by atoms with E-state index in [-0.39, 0.29) is 12.0 Å². The van der Waals surface area contributed by atoms with E-state index in [4.69, 9.17) is 9.47 Å². The average molecular weight is 285 g/mol. The van der Waals surface area contributed by atoms with Crippen LogP contribution in [-0.2, 0) is 14.3 Å². The van der Waals surface area contributed by atoms with Gasteiger partial charge < -0.3 is 14.8 Å². The zero-order valence-electron chi connectivity index (χ0n) is 13.3. The largest absolute Gasteiger partial charge is 0.465 e. The van der Waals surface area contributed by atoms with Gasteiger partial charge >= 0.3 is 5.97 Å². The van der Waals surface area contributed by atoms with Gasteiger partial charge in [0.05, 0.1) is 12.7 Å². The second-order valence-electron chi connectivity index (χ2n) is 5.72. The van der Waals surface area contributed by atoms with E-state index in [1.54, 1.807) is 0 Å². The number of esters is 1. The fraction of sp³-hybridized carbons (Fsp3) is 0.938. The lowest BCUT2D eigenvalue weighted by atomic mass is 9.88. The standard InChI is InChI=1S/C16H31NO3/c1-4-11-17-14(16(18)19-5-2)10-12-20-15-9-7-6-8-13(15)3/h13-15,17H,4-12H2,1-3H3. The SMILES string of the molecule is CCCNC(CCOC1CCCCC1C)C(=O)OCC. The van der Waals surface area contributed by atoms with E-state index in [0.717, 1.165) is 19.4 Å². The Balaban J connectivity index is 2.31. The molecule has 1 N–H and O–H groups in total. The van der Waals surface area contributed by atoms with Crippen LogP contribution in [0.25, 0.3) is 0 Å². The van der Waals surface area contributed by atoms with Crippen LogP contribution in [0, 0.1) is 5.92 Å². The third-order valence-corrected chi connectivity index (χ3v) is 3.98. The lowest BCUT2D eigenvalue weighted by molar-refractivity contribution is -0.146. The van der Waals surface area contributed by atoms with Crippen LogP contribution in [0.15, 0.2) is 0 Å². The number of carbonyl (C=O) groups excluding carboxylic acids is 1. The van der Waals surface area contributed by atoms with E-state index in [1.165, 1.54) is 19.3 Å². The first-order valence-corrected chi connectivity index (χ1v) is 8.20. The highest BCUT2D eigenvalue weighted by atomic mass is 16.5. The van der Waals surface area contributed by atoms with Crippen molar-refractivity contribution in [3.05, 3.63) is 0 Å². The molecule has 0 radical (unpaired) electrons. The van der Waals surface area contributed by atoms with Crippen molar-refractivity contribution in [2.45, 2.75) is 71.4 Å². The third-order valence-electron chi connectivity index (χ3n) is 3.98. The van der Waals surface area contributed by atoms with Crippen LogP contribution >= 0.6 is 0 Å². The molecule has 3 unspecified atom stereocenters. The van der Waals surface area contributed by atoms with Crippen LogP contribution in [0.4, 0.5) is 0 Å². The Bertz CT molecular complexity index is 270. The van der Waals surface area contributed by atoms with Crippen LogP contribution in [0.1, 0.15) is 59.3 Å². The van der Waals surface area contributed by atoms with Crippen LogP contribution in [-0.4, -0.2) is 37.9 Å². The minimum atomic E-state index is -0.228. The summed E-state index contributed by atoms with van der Waals surface area (Å²) in [4.78, 5) is 11.9. The topological polar surface area (TPSA) is 47.6 Å². The Morgan fingerprint density at radius 1 is 1.30 bits per heavy atom. The molecule has 4 nitrogen and oxygen atoms in total. The summed E-state index contributed by atoms with van der Waals surface area (Å²) in [5.74, 6) is 0.495. The van der Waals surface area contributed by atoms with E-state index in [1.807, 2.05) is 6.92 Å². The monoisotopic (exact) mass is 285 g/mol. The van der Waals surface area contributed by atoms with Crippen molar-refractivity contribution in [2.75, 3.05) is 19.8 Å². The molecule has 0 aromatic heterocycles. The highest BCUT2D eigenvalue weighted by molar-refractivity contribution is 5.75. The predicted octanol–water partition coefficient (Wildman–Crippen LogP) is 2.90. The molecule has 4 heteroatoms. The van der Waals surface area contributed by atoms with Crippen molar-refractivity contribution in [1.29, 1.82) is 0 Å². The van der Waals surface area contributed by atoms with E-state index < -0.39 is 0 Å². The predicted molar refractivity (Wildman–Crippen MR) is 80.7 cm³/mol. The molecular weight excluding hydrogens is 254 g/mol. The number of nitrogens with one attached hydrogen (secondary N) is 1. The highest BCUT2D eigenvalue weighted by Crippen LogP contribution is 2.26. The van der Waals surface area contributed by atoms with Gasteiger partial charge in [0.1, 0.15) is 6.04 Å². The van der Waals surface area contributed by atoms with Gasteiger partial charge in [0.2, 0.25) is 0 Å². The maximum Gasteiger partial charge on any atom is 0.323 e. The van der Waals surface area contributed by atoms with Crippen LogP contribution in [0.2, 0.25) is 0 Å². The summed E-state index contributed by atoms with van der Waals surface area (Å²) in [6.07, 6.45) is 7.10. The zero-order chi connectivity index (χ0) is 14.8. The zero-order valence-corrected chi connectivity index (χ0v) is 13.3. The van der Waals surface area contributed by atoms with Gasteiger partial charge in [0.25, 0.3) is 0 Å². The quantitative estimate of drug-likeness (QED) is 0.662. The van der Waals surface area contributed by atoms with Crippen molar-refractivity contribution >= 4 is 5.97 Å². The van der Waals surface area contributed by atoms with E-state index in [2.05, 4.69) is 19.2 Å². The minimum absolute atomic E-state index is 0.152. The highest BCUT2D eigenvalue weighted by Gasteiger charge is 2.23. The molecule has 20 heavy (non-hydrogen) atoms. The molecule has 1 saturated carbocycles. The van der Waals surface area contributed by atoms with Crippen LogP contribution in [0.3, 0.4) is 0 Å². The summed E-state index contributed by atoms with van der Waals surface area (Å²) in [7, 11) is 0. The van der Waals surface area contributed by atoms with E-state index >= 15 is 0 Å². The molecule has 1 rings (SSSR count). The summed E-state index contributed by atoms with van der Waals surface area (Å²) in [5.41, 5.74) is 0. The third kappa shape index (κ3) is 6.23. The van der Waals surface area contributed by atoms with Gasteiger partial charge in [0.15, 0.2) is 0 Å². The molecule has 118 valence electrons. The first-order chi connectivity index (χ1) is 9.69. The Morgan fingerprint density at radius 2 is 2.05 bits per heavy atom. The summed E-state index contributed by atoms with van der Waals surface area (Å²) < 4.78 is 11.1. The Morgan fingerprint density at radius 3 is 2.70 bits per heavy atom. The molecule has 0 aromatic rings. The van der Waals surface area contributed by atoms with Gasteiger partial charge in [-0.1, -0.05) is 26.7 Å². The second-order valence-corrected chi connectivity index (χ2v) is 5.72. The van der Waals surface area contributed by atoms with Crippen molar-refractivity contribution in [3.8, 4) is 0 Å². The van der Waals surface area contributed by atoms with Crippen LogP contribution in [0.5, 0.6) is 0 Å². The number of rotatable bonds is 9. The molecule has 0 aliphatic heterocycles. The van der Waals surface area contributed by atoms with Gasteiger partial charge in [-0.3, -0.25) is 4.79 Å². The summed E-state index contributed by atoms with van der Waals surface area (Å²) in [6.45, 7) is 8.11.